The molecule has 2 unspecified atom stereocenters. The third kappa shape index (κ3) is 3.83. The van der Waals surface area contributed by atoms with Gasteiger partial charge in [0.1, 0.15) is 6.10 Å². The molecule has 2 nitrogen and oxygen atoms in total. The molecule has 94 valence electrons. The van der Waals surface area contributed by atoms with Gasteiger partial charge in [-0.3, -0.25) is 0 Å². The molecule has 1 heterocycles. The molecule has 1 saturated heterocycles. The molecule has 0 aliphatic carbocycles. The summed E-state index contributed by atoms with van der Waals surface area (Å²) in [6.45, 7) is 2.93. The maximum Gasteiger partial charge on any atom is 0.158 e. The van der Waals surface area contributed by atoms with Gasteiger partial charge in [0.05, 0.1) is 6.61 Å². The Morgan fingerprint density at radius 1 is 1.12 bits per heavy atom. The van der Waals surface area contributed by atoms with Crippen molar-refractivity contribution < 1.29 is 9.47 Å². The van der Waals surface area contributed by atoms with Crippen molar-refractivity contribution in [3.63, 3.8) is 0 Å². The summed E-state index contributed by atoms with van der Waals surface area (Å²) >= 11 is 0. The van der Waals surface area contributed by atoms with Gasteiger partial charge in [0.25, 0.3) is 0 Å². The summed E-state index contributed by atoms with van der Waals surface area (Å²) in [6.07, 6.45) is 6.26. The third-order valence-corrected chi connectivity index (χ3v) is 3.21. The first-order valence-electron chi connectivity index (χ1n) is 6.72. The average Bonchev–Trinajstić information content (AvgIpc) is 2.85. The van der Waals surface area contributed by atoms with Crippen LogP contribution in [0.2, 0.25) is 0 Å². The molecule has 0 aromatic heterocycles. The molecule has 0 amide bonds. The standard InChI is InChI=1S/C15H22O2/c1-2-3-4-8-11-15-16-12-14(17-15)13-9-6-5-7-10-13/h5-7,9-10,14-15H,2-4,8,11-12H2,1H3. The van der Waals surface area contributed by atoms with Crippen LogP contribution in [0.4, 0.5) is 0 Å². The number of ether oxygens (including phenoxy) is 2. The molecule has 1 aliphatic rings. The maximum atomic E-state index is 5.91. The quantitative estimate of drug-likeness (QED) is 0.691. The van der Waals surface area contributed by atoms with Crippen LogP contribution in [0.5, 0.6) is 0 Å². The lowest BCUT2D eigenvalue weighted by atomic mass is 10.1. The average molecular weight is 234 g/mol. The zero-order valence-electron chi connectivity index (χ0n) is 10.6. The fourth-order valence-electron chi connectivity index (χ4n) is 2.19. The monoisotopic (exact) mass is 234 g/mol. The highest BCUT2D eigenvalue weighted by atomic mass is 16.7. The van der Waals surface area contributed by atoms with Gasteiger partial charge in [0, 0.05) is 0 Å². The normalized spacial score (nSPS) is 24.1. The van der Waals surface area contributed by atoms with Crippen molar-refractivity contribution in [1.29, 1.82) is 0 Å². The fraction of sp³-hybridized carbons (Fsp3) is 0.600. The zero-order valence-corrected chi connectivity index (χ0v) is 10.6. The second-order valence-corrected chi connectivity index (χ2v) is 4.65. The first-order valence-corrected chi connectivity index (χ1v) is 6.72. The van der Waals surface area contributed by atoms with E-state index in [1.807, 2.05) is 18.2 Å². The summed E-state index contributed by atoms with van der Waals surface area (Å²) in [5.74, 6) is 0. The van der Waals surface area contributed by atoms with E-state index in [1.54, 1.807) is 0 Å². The van der Waals surface area contributed by atoms with Crippen molar-refractivity contribution in [2.45, 2.75) is 51.4 Å². The molecular formula is C15H22O2. The van der Waals surface area contributed by atoms with Crippen LogP contribution in [0, 0.1) is 0 Å². The third-order valence-electron chi connectivity index (χ3n) is 3.21. The minimum Gasteiger partial charge on any atom is -0.350 e. The van der Waals surface area contributed by atoms with E-state index in [2.05, 4.69) is 19.1 Å². The van der Waals surface area contributed by atoms with Crippen LogP contribution < -0.4 is 0 Å². The summed E-state index contributed by atoms with van der Waals surface area (Å²) in [5, 5.41) is 0. The predicted octanol–water partition coefficient (Wildman–Crippen LogP) is 4.07. The highest BCUT2D eigenvalue weighted by Crippen LogP contribution is 2.28. The van der Waals surface area contributed by atoms with Gasteiger partial charge in [-0.25, -0.2) is 0 Å². The van der Waals surface area contributed by atoms with E-state index in [-0.39, 0.29) is 12.4 Å². The number of hydrogen-bond acceptors (Lipinski definition) is 2. The van der Waals surface area contributed by atoms with Gasteiger partial charge in [0.2, 0.25) is 0 Å². The minimum absolute atomic E-state index is 0.0112. The smallest absolute Gasteiger partial charge is 0.158 e. The topological polar surface area (TPSA) is 18.5 Å². The van der Waals surface area contributed by atoms with Gasteiger partial charge in [0.15, 0.2) is 6.29 Å². The summed E-state index contributed by atoms with van der Waals surface area (Å²) < 4.78 is 11.6. The van der Waals surface area contributed by atoms with Crippen molar-refractivity contribution in [1.82, 2.24) is 0 Å². The molecule has 1 fully saturated rings. The van der Waals surface area contributed by atoms with E-state index in [1.165, 1.54) is 31.2 Å². The molecule has 0 N–H and O–H groups in total. The lowest BCUT2D eigenvalue weighted by Gasteiger charge is -2.11. The van der Waals surface area contributed by atoms with Gasteiger partial charge < -0.3 is 9.47 Å². The van der Waals surface area contributed by atoms with Crippen LogP contribution in [0.15, 0.2) is 30.3 Å². The lowest BCUT2D eigenvalue weighted by Crippen LogP contribution is -2.07. The van der Waals surface area contributed by atoms with Crippen molar-refractivity contribution in [3.8, 4) is 0 Å². The molecular weight excluding hydrogens is 212 g/mol. The van der Waals surface area contributed by atoms with E-state index in [4.69, 9.17) is 9.47 Å². The molecule has 2 atom stereocenters. The second kappa shape index (κ2) is 6.77. The van der Waals surface area contributed by atoms with Crippen molar-refractivity contribution in [2.24, 2.45) is 0 Å². The van der Waals surface area contributed by atoms with E-state index in [0.29, 0.717) is 6.61 Å². The van der Waals surface area contributed by atoms with E-state index in [0.717, 1.165) is 6.42 Å². The Balaban J connectivity index is 1.72. The summed E-state index contributed by atoms with van der Waals surface area (Å²) in [4.78, 5) is 0. The highest BCUT2D eigenvalue weighted by molar-refractivity contribution is 5.18. The summed E-state index contributed by atoms with van der Waals surface area (Å²) in [5.41, 5.74) is 1.23. The van der Waals surface area contributed by atoms with Crippen LogP contribution in [-0.4, -0.2) is 12.9 Å². The molecule has 1 aromatic rings. The second-order valence-electron chi connectivity index (χ2n) is 4.65. The first kappa shape index (κ1) is 12.6. The fourth-order valence-corrected chi connectivity index (χ4v) is 2.19. The number of unbranched alkanes of at least 4 members (excludes halogenated alkanes) is 3. The number of rotatable bonds is 6. The molecule has 0 radical (unpaired) electrons. The van der Waals surface area contributed by atoms with Crippen molar-refractivity contribution in [3.05, 3.63) is 35.9 Å². The summed E-state index contributed by atoms with van der Waals surface area (Å²) in [7, 11) is 0. The van der Waals surface area contributed by atoms with Gasteiger partial charge in [-0.1, -0.05) is 56.5 Å². The predicted molar refractivity (Wildman–Crippen MR) is 68.8 cm³/mol. The van der Waals surface area contributed by atoms with Crippen LogP contribution in [0.3, 0.4) is 0 Å². The Labute approximate surface area is 104 Å². The molecule has 2 rings (SSSR count). The first-order chi connectivity index (χ1) is 8.40. The minimum atomic E-state index is 0.0112. The van der Waals surface area contributed by atoms with E-state index in [9.17, 15) is 0 Å². The SMILES string of the molecule is CCCCCCC1OCC(c2ccccc2)O1. The Morgan fingerprint density at radius 3 is 2.71 bits per heavy atom. The Hall–Kier alpha value is -0.860. The van der Waals surface area contributed by atoms with Crippen molar-refractivity contribution in [2.75, 3.05) is 6.61 Å². The molecule has 0 spiro atoms. The maximum absolute atomic E-state index is 5.91. The van der Waals surface area contributed by atoms with Crippen molar-refractivity contribution >= 4 is 0 Å². The number of hydrogen-bond donors (Lipinski definition) is 0. The van der Waals surface area contributed by atoms with Gasteiger partial charge in [-0.15, -0.1) is 0 Å². The van der Waals surface area contributed by atoms with Crippen LogP contribution in [0.1, 0.15) is 50.7 Å². The molecule has 17 heavy (non-hydrogen) atoms. The Kier molecular flexibility index (Phi) is 5.02. The highest BCUT2D eigenvalue weighted by Gasteiger charge is 2.26. The molecule has 1 aromatic carbocycles. The van der Waals surface area contributed by atoms with E-state index < -0.39 is 0 Å². The largest absolute Gasteiger partial charge is 0.350 e. The molecule has 1 aliphatic heterocycles. The summed E-state index contributed by atoms with van der Waals surface area (Å²) in [6, 6.07) is 10.3. The molecule has 0 bridgehead atoms. The van der Waals surface area contributed by atoms with Gasteiger partial charge in [-0.2, -0.15) is 0 Å². The van der Waals surface area contributed by atoms with Crippen LogP contribution in [0.25, 0.3) is 0 Å². The molecule has 2 heteroatoms. The van der Waals surface area contributed by atoms with Gasteiger partial charge >= 0.3 is 0 Å². The van der Waals surface area contributed by atoms with E-state index >= 15 is 0 Å². The number of benzene rings is 1. The molecule has 0 saturated carbocycles. The Morgan fingerprint density at radius 2 is 1.94 bits per heavy atom. The van der Waals surface area contributed by atoms with Crippen LogP contribution >= 0.6 is 0 Å². The lowest BCUT2D eigenvalue weighted by molar-refractivity contribution is -0.0637. The van der Waals surface area contributed by atoms with Crippen LogP contribution in [-0.2, 0) is 9.47 Å². The van der Waals surface area contributed by atoms with Gasteiger partial charge in [-0.05, 0) is 18.4 Å². The zero-order chi connectivity index (χ0) is 11.9. The Bertz CT molecular complexity index is 310.